The van der Waals surface area contributed by atoms with Crippen LogP contribution in [-0.4, -0.2) is 49.7 Å². The lowest BCUT2D eigenvalue weighted by Gasteiger charge is -2.34. The minimum atomic E-state index is -3.83. The second kappa shape index (κ2) is 9.78. The number of anilines is 1. The van der Waals surface area contributed by atoms with E-state index in [1.54, 1.807) is 0 Å². The van der Waals surface area contributed by atoms with Crippen molar-refractivity contribution in [1.82, 2.24) is 9.21 Å². The zero-order valence-electron chi connectivity index (χ0n) is 17.7. The fourth-order valence-corrected chi connectivity index (χ4v) is 5.19. The molecule has 1 saturated heterocycles. The van der Waals surface area contributed by atoms with Gasteiger partial charge in [-0.05, 0) is 35.9 Å². The first kappa shape index (κ1) is 23.0. The lowest BCUT2D eigenvalue weighted by Crippen LogP contribution is -2.48. The van der Waals surface area contributed by atoms with E-state index < -0.39 is 33.3 Å². The van der Waals surface area contributed by atoms with Crippen molar-refractivity contribution >= 4 is 21.6 Å². The topological polar surface area (TPSA) is 69.7 Å². The Morgan fingerprint density at radius 2 is 1.48 bits per heavy atom. The minimum absolute atomic E-state index is 0.0126. The molecule has 0 spiro atoms. The van der Waals surface area contributed by atoms with Crippen LogP contribution in [0.5, 0.6) is 0 Å². The third kappa shape index (κ3) is 5.27. The highest BCUT2D eigenvalue weighted by Gasteiger charge is 2.29. The van der Waals surface area contributed by atoms with Crippen molar-refractivity contribution in [3.8, 4) is 0 Å². The minimum Gasteiger partial charge on any atom is -0.317 e. The SMILES string of the molecule is O=C(Nc1c(F)cccc1F)c1cccc(S(=O)(=O)N2CCN(Cc3ccccc3)CC2)c1. The lowest BCUT2D eigenvalue weighted by molar-refractivity contribution is 0.102. The summed E-state index contributed by atoms with van der Waals surface area (Å²) in [5.74, 6) is -2.63. The van der Waals surface area contributed by atoms with E-state index in [0.717, 1.165) is 18.7 Å². The monoisotopic (exact) mass is 471 g/mol. The molecule has 4 rings (SSSR count). The first-order valence-corrected chi connectivity index (χ1v) is 11.9. The molecular formula is C24H23F2N3O3S. The Kier molecular flexibility index (Phi) is 6.83. The third-order valence-electron chi connectivity index (χ3n) is 5.52. The molecule has 3 aromatic rings. The van der Waals surface area contributed by atoms with Crippen LogP contribution in [0.25, 0.3) is 0 Å². The quantitative estimate of drug-likeness (QED) is 0.595. The van der Waals surface area contributed by atoms with Gasteiger partial charge < -0.3 is 5.32 Å². The summed E-state index contributed by atoms with van der Waals surface area (Å²) in [5.41, 5.74) is 0.575. The maximum Gasteiger partial charge on any atom is 0.255 e. The van der Waals surface area contributed by atoms with E-state index in [4.69, 9.17) is 0 Å². The Labute approximate surface area is 191 Å². The number of amides is 1. The molecule has 3 aromatic carbocycles. The van der Waals surface area contributed by atoms with Crippen LogP contribution in [0.4, 0.5) is 14.5 Å². The Bertz CT molecular complexity index is 1220. The van der Waals surface area contributed by atoms with E-state index in [9.17, 15) is 22.0 Å². The predicted molar refractivity (Wildman–Crippen MR) is 121 cm³/mol. The molecule has 6 nitrogen and oxygen atoms in total. The predicted octanol–water partition coefficient (Wildman–Crippen LogP) is 3.72. The second-order valence-electron chi connectivity index (χ2n) is 7.74. The fourth-order valence-electron chi connectivity index (χ4n) is 3.72. The summed E-state index contributed by atoms with van der Waals surface area (Å²) < 4.78 is 55.4. The molecule has 1 N–H and O–H groups in total. The van der Waals surface area contributed by atoms with E-state index in [1.807, 2.05) is 30.3 Å². The van der Waals surface area contributed by atoms with E-state index >= 15 is 0 Å². The number of rotatable bonds is 6. The summed E-state index contributed by atoms with van der Waals surface area (Å²) in [6.07, 6.45) is 0. The van der Waals surface area contributed by atoms with Gasteiger partial charge in [-0.15, -0.1) is 0 Å². The molecule has 9 heteroatoms. The highest BCUT2D eigenvalue weighted by Crippen LogP contribution is 2.22. The highest BCUT2D eigenvalue weighted by atomic mass is 32.2. The van der Waals surface area contributed by atoms with Gasteiger partial charge in [0.25, 0.3) is 5.91 Å². The van der Waals surface area contributed by atoms with Gasteiger partial charge in [-0.25, -0.2) is 17.2 Å². The van der Waals surface area contributed by atoms with Gasteiger partial charge in [-0.1, -0.05) is 42.5 Å². The molecule has 1 fully saturated rings. The van der Waals surface area contributed by atoms with Gasteiger partial charge in [0, 0.05) is 38.3 Å². The number of sulfonamides is 1. The molecule has 0 radical (unpaired) electrons. The third-order valence-corrected chi connectivity index (χ3v) is 7.41. The van der Waals surface area contributed by atoms with Crippen LogP contribution in [-0.2, 0) is 16.6 Å². The average molecular weight is 472 g/mol. The number of piperazine rings is 1. The largest absolute Gasteiger partial charge is 0.317 e. The average Bonchev–Trinajstić information content (AvgIpc) is 2.82. The van der Waals surface area contributed by atoms with Crippen LogP contribution in [0.1, 0.15) is 15.9 Å². The van der Waals surface area contributed by atoms with Crippen molar-refractivity contribution in [2.75, 3.05) is 31.5 Å². The molecule has 0 unspecified atom stereocenters. The van der Waals surface area contributed by atoms with Gasteiger partial charge in [-0.3, -0.25) is 9.69 Å². The number of benzene rings is 3. The first-order chi connectivity index (χ1) is 15.8. The van der Waals surface area contributed by atoms with Crippen LogP contribution in [0, 0.1) is 11.6 Å². The zero-order chi connectivity index (χ0) is 23.4. The molecule has 1 aliphatic rings. The van der Waals surface area contributed by atoms with E-state index in [2.05, 4.69) is 10.2 Å². The number of para-hydroxylation sites is 1. The normalized spacial score (nSPS) is 15.3. The highest BCUT2D eigenvalue weighted by molar-refractivity contribution is 7.89. The molecule has 0 bridgehead atoms. The summed E-state index contributed by atoms with van der Waals surface area (Å²) in [5, 5.41) is 2.18. The van der Waals surface area contributed by atoms with Gasteiger partial charge in [0.1, 0.15) is 17.3 Å². The van der Waals surface area contributed by atoms with Crippen LogP contribution < -0.4 is 5.32 Å². The second-order valence-corrected chi connectivity index (χ2v) is 9.68. The number of hydrogen-bond acceptors (Lipinski definition) is 4. The summed E-state index contributed by atoms with van der Waals surface area (Å²) >= 11 is 0. The number of hydrogen-bond donors (Lipinski definition) is 1. The Hall–Kier alpha value is -3.14. The molecule has 0 aromatic heterocycles. The fraction of sp³-hybridized carbons (Fsp3) is 0.208. The molecule has 0 saturated carbocycles. The molecule has 1 aliphatic heterocycles. The molecular weight excluding hydrogens is 448 g/mol. The number of carbonyl (C=O) groups excluding carboxylic acids is 1. The summed E-state index contributed by atoms with van der Waals surface area (Å²) in [4.78, 5) is 14.7. The summed E-state index contributed by atoms with van der Waals surface area (Å²) in [6.45, 7) is 2.57. The van der Waals surface area contributed by atoms with E-state index in [0.29, 0.717) is 26.2 Å². The van der Waals surface area contributed by atoms with E-state index in [-0.39, 0.29) is 10.5 Å². The maximum absolute atomic E-state index is 13.8. The molecule has 0 aliphatic carbocycles. The van der Waals surface area contributed by atoms with Crippen molar-refractivity contribution in [3.05, 3.63) is 95.6 Å². The smallest absolute Gasteiger partial charge is 0.255 e. The molecule has 172 valence electrons. The lowest BCUT2D eigenvalue weighted by atomic mass is 10.2. The van der Waals surface area contributed by atoms with Gasteiger partial charge in [0.05, 0.1) is 4.90 Å². The van der Waals surface area contributed by atoms with Gasteiger partial charge in [-0.2, -0.15) is 4.31 Å². The Morgan fingerprint density at radius 1 is 0.848 bits per heavy atom. The first-order valence-electron chi connectivity index (χ1n) is 10.5. The van der Waals surface area contributed by atoms with Gasteiger partial charge in [0.2, 0.25) is 10.0 Å². The van der Waals surface area contributed by atoms with Crippen LogP contribution in [0.15, 0.2) is 77.7 Å². The number of nitrogens with zero attached hydrogens (tertiary/aromatic N) is 2. The van der Waals surface area contributed by atoms with Crippen molar-refractivity contribution in [1.29, 1.82) is 0 Å². The molecule has 33 heavy (non-hydrogen) atoms. The van der Waals surface area contributed by atoms with Crippen molar-refractivity contribution in [2.45, 2.75) is 11.4 Å². The van der Waals surface area contributed by atoms with E-state index in [1.165, 1.54) is 40.2 Å². The molecule has 1 amide bonds. The van der Waals surface area contributed by atoms with Gasteiger partial charge in [0.15, 0.2) is 0 Å². The van der Waals surface area contributed by atoms with Gasteiger partial charge >= 0.3 is 0 Å². The van der Waals surface area contributed by atoms with Crippen LogP contribution >= 0.6 is 0 Å². The van der Waals surface area contributed by atoms with Crippen molar-refractivity contribution in [3.63, 3.8) is 0 Å². The van der Waals surface area contributed by atoms with Crippen LogP contribution in [0.2, 0.25) is 0 Å². The summed E-state index contributed by atoms with van der Waals surface area (Å²) in [6, 6.07) is 18.7. The number of carbonyl (C=O) groups is 1. The number of nitrogens with one attached hydrogen (secondary N) is 1. The van der Waals surface area contributed by atoms with Crippen molar-refractivity contribution < 1.29 is 22.0 Å². The summed E-state index contributed by atoms with van der Waals surface area (Å²) in [7, 11) is -3.83. The maximum atomic E-state index is 13.8. The molecule has 0 atom stereocenters. The zero-order valence-corrected chi connectivity index (χ0v) is 18.6. The molecule has 1 heterocycles. The van der Waals surface area contributed by atoms with Crippen molar-refractivity contribution in [2.24, 2.45) is 0 Å². The Morgan fingerprint density at radius 3 is 2.15 bits per heavy atom. The number of halogens is 2. The standard InChI is InChI=1S/C24H23F2N3O3S/c25-21-10-5-11-22(26)23(21)27-24(30)19-8-4-9-20(16-19)33(31,32)29-14-12-28(13-15-29)17-18-6-2-1-3-7-18/h1-11,16H,12-15,17H2,(H,27,30). The Balaban J connectivity index is 1.44. The van der Waals surface area contributed by atoms with Crippen LogP contribution in [0.3, 0.4) is 0 Å².